The molecule has 1 aliphatic rings. The number of aryl methyl sites for hydroxylation is 1. The quantitative estimate of drug-likeness (QED) is 0.625. The van der Waals surface area contributed by atoms with Crippen LogP contribution in [-0.2, 0) is 13.0 Å². The largest absolute Gasteiger partial charge is 0.351 e. The first-order chi connectivity index (χ1) is 13.5. The maximum Gasteiger partial charge on any atom is 0.255 e. The van der Waals surface area contributed by atoms with Gasteiger partial charge in [-0.05, 0) is 61.5 Å². The highest BCUT2D eigenvalue weighted by molar-refractivity contribution is 9.10. The molecule has 0 unspecified atom stereocenters. The Morgan fingerprint density at radius 3 is 2.82 bits per heavy atom. The minimum Gasteiger partial charge on any atom is -0.351 e. The van der Waals surface area contributed by atoms with Gasteiger partial charge in [0.2, 0.25) is 0 Å². The van der Waals surface area contributed by atoms with Crippen LogP contribution in [0.25, 0.3) is 5.69 Å². The van der Waals surface area contributed by atoms with Gasteiger partial charge in [-0.3, -0.25) is 9.69 Å². The van der Waals surface area contributed by atoms with E-state index in [-0.39, 0.29) is 5.91 Å². The van der Waals surface area contributed by atoms with Crippen LogP contribution in [-0.4, -0.2) is 40.2 Å². The van der Waals surface area contributed by atoms with Crippen molar-refractivity contribution in [3.8, 4) is 5.69 Å². The highest BCUT2D eigenvalue weighted by atomic mass is 79.9. The highest BCUT2D eigenvalue weighted by Gasteiger charge is 2.20. The van der Waals surface area contributed by atoms with Crippen LogP contribution in [0.1, 0.15) is 32.2 Å². The van der Waals surface area contributed by atoms with Crippen LogP contribution in [0.3, 0.4) is 0 Å². The lowest BCUT2D eigenvalue weighted by Crippen LogP contribution is -2.37. The fraction of sp³-hybridized carbons (Fsp3) is 0.333. The number of carbonyl (C=O) groups is 1. The van der Waals surface area contributed by atoms with Crippen LogP contribution in [0.4, 0.5) is 0 Å². The Kier molecular flexibility index (Phi) is 5.66. The first kappa shape index (κ1) is 19.4. The third-order valence-corrected chi connectivity index (χ3v) is 6.74. The summed E-state index contributed by atoms with van der Waals surface area (Å²) in [6.07, 6.45) is 1.11. The van der Waals surface area contributed by atoms with Crippen LogP contribution in [0.2, 0.25) is 0 Å². The Labute approximate surface area is 177 Å². The second-order valence-corrected chi connectivity index (χ2v) is 9.00. The number of carbonyl (C=O) groups excluding carboxylic acids is 1. The number of aromatic nitrogens is 2. The average Bonchev–Trinajstić information content (AvgIpc) is 3.26. The van der Waals surface area contributed by atoms with Crippen molar-refractivity contribution in [1.82, 2.24) is 20.0 Å². The van der Waals surface area contributed by atoms with Gasteiger partial charge in [-0.25, -0.2) is 4.68 Å². The normalized spacial score (nSPS) is 14.1. The Bertz CT molecular complexity index is 993. The standard InChI is InChI=1S/C21H23BrN4OS/c1-14-20(15(2)26(24-14)18-5-3-17(22)4-6-18)21(27)23-9-11-25-10-7-19-16(13-25)8-12-28-19/h3-6,8,12H,7,9-11,13H2,1-2H3,(H,23,27). The summed E-state index contributed by atoms with van der Waals surface area (Å²) in [7, 11) is 0. The Balaban J connectivity index is 1.39. The van der Waals surface area contributed by atoms with E-state index < -0.39 is 0 Å². The van der Waals surface area contributed by atoms with Crippen LogP contribution in [0.15, 0.2) is 40.2 Å². The zero-order valence-corrected chi connectivity index (χ0v) is 18.4. The lowest BCUT2D eigenvalue weighted by molar-refractivity contribution is 0.0946. The molecular formula is C21H23BrN4OS. The predicted octanol–water partition coefficient (Wildman–Crippen LogP) is 4.10. The maximum atomic E-state index is 12.8. The van der Waals surface area contributed by atoms with Crippen molar-refractivity contribution in [2.45, 2.75) is 26.8 Å². The number of thiophene rings is 1. The van der Waals surface area contributed by atoms with Crippen molar-refractivity contribution in [1.29, 1.82) is 0 Å². The zero-order valence-electron chi connectivity index (χ0n) is 16.0. The molecule has 5 nitrogen and oxygen atoms in total. The summed E-state index contributed by atoms with van der Waals surface area (Å²) >= 11 is 5.30. The first-order valence-corrected chi connectivity index (χ1v) is 11.1. The summed E-state index contributed by atoms with van der Waals surface area (Å²) in [5.74, 6) is -0.0495. The van der Waals surface area contributed by atoms with Crippen LogP contribution < -0.4 is 5.32 Å². The van der Waals surface area contributed by atoms with Gasteiger partial charge in [-0.2, -0.15) is 5.10 Å². The monoisotopic (exact) mass is 458 g/mol. The molecule has 1 amide bonds. The van der Waals surface area contributed by atoms with Gasteiger partial charge in [0.15, 0.2) is 0 Å². The minimum atomic E-state index is -0.0495. The highest BCUT2D eigenvalue weighted by Crippen LogP contribution is 2.24. The smallest absolute Gasteiger partial charge is 0.255 e. The fourth-order valence-corrected chi connectivity index (χ4v) is 4.87. The van der Waals surface area contributed by atoms with Gasteiger partial charge in [-0.1, -0.05) is 15.9 Å². The van der Waals surface area contributed by atoms with Crippen LogP contribution in [0, 0.1) is 13.8 Å². The first-order valence-electron chi connectivity index (χ1n) is 9.41. The molecule has 3 heterocycles. The average molecular weight is 459 g/mol. The molecule has 1 aromatic carbocycles. The van der Waals surface area contributed by atoms with Crippen molar-refractivity contribution < 1.29 is 4.79 Å². The van der Waals surface area contributed by atoms with Gasteiger partial charge in [0.1, 0.15) is 0 Å². The van der Waals surface area contributed by atoms with E-state index in [1.54, 1.807) is 0 Å². The third-order valence-electron chi connectivity index (χ3n) is 5.19. The van der Waals surface area contributed by atoms with E-state index in [9.17, 15) is 4.79 Å². The Hall–Kier alpha value is -1.96. The molecule has 4 rings (SSSR count). The molecule has 0 aliphatic carbocycles. The number of hydrogen-bond donors (Lipinski definition) is 1. The molecule has 28 heavy (non-hydrogen) atoms. The molecule has 146 valence electrons. The van der Waals surface area contributed by atoms with Gasteiger partial charge in [0.25, 0.3) is 5.91 Å². The number of benzene rings is 1. The van der Waals surface area contributed by atoms with Crippen molar-refractivity contribution >= 4 is 33.2 Å². The van der Waals surface area contributed by atoms with E-state index in [1.165, 1.54) is 10.4 Å². The second kappa shape index (κ2) is 8.19. The molecule has 0 spiro atoms. The number of nitrogens with one attached hydrogen (secondary N) is 1. The zero-order chi connectivity index (χ0) is 19.7. The van der Waals surface area contributed by atoms with Gasteiger partial charge < -0.3 is 5.32 Å². The lowest BCUT2D eigenvalue weighted by atomic mass is 10.1. The second-order valence-electron chi connectivity index (χ2n) is 7.09. The van der Waals surface area contributed by atoms with Crippen LogP contribution in [0.5, 0.6) is 0 Å². The Morgan fingerprint density at radius 1 is 1.25 bits per heavy atom. The van der Waals surface area contributed by atoms with Crippen molar-refractivity contribution in [2.24, 2.45) is 0 Å². The van der Waals surface area contributed by atoms with Gasteiger partial charge in [0, 0.05) is 35.5 Å². The summed E-state index contributed by atoms with van der Waals surface area (Å²) in [4.78, 5) is 16.7. The molecular weight excluding hydrogens is 436 g/mol. The molecule has 1 aliphatic heterocycles. The number of nitrogens with zero attached hydrogens (tertiary/aromatic N) is 3. The van der Waals surface area contributed by atoms with E-state index in [2.05, 4.69) is 42.7 Å². The molecule has 0 atom stereocenters. The van der Waals surface area contributed by atoms with Gasteiger partial charge in [-0.15, -0.1) is 11.3 Å². The van der Waals surface area contributed by atoms with E-state index in [4.69, 9.17) is 0 Å². The van der Waals surface area contributed by atoms with Crippen molar-refractivity contribution in [3.63, 3.8) is 0 Å². The molecule has 3 aromatic rings. The molecule has 0 radical (unpaired) electrons. The number of hydrogen-bond acceptors (Lipinski definition) is 4. The topological polar surface area (TPSA) is 50.2 Å². The third kappa shape index (κ3) is 3.92. The van der Waals surface area contributed by atoms with Crippen LogP contribution >= 0.6 is 27.3 Å². The number of amides is 1. The number of fused-ring (bicyclic) bond motifs is 1. The molecule has 7 heteroatoms. The molecule has 0 bridgehead atoms. The van der Waals surface area contributed by atoms with Gasteiger partial charge >= 0.3 is 0 Å². The van der Waals surface area contributed by atoms with E-state index >= 15 is 0 Å². The summed E-state index contributed by atoms with van der Waals surface area (Å²) in [5, 5.41) is 9.83. The molecule has 0 saturated heterocycles. The van der Waals surface area contributed by atoms with Crippen molar-refractivity contribution in [2.75, 3.05) is 19.6 Å². The van der Waals surface area contributed by atoms with E-state index in [1.807, 2.05) is 54.1 Å². The predicted molar refractivity (Wildman–Crippen MR) is 116 cm³/mol. The summed E-state index contributed by atoms with van der Waals surface area (Å²) in [5.41, 5.74) is 4.66. The molecule has 0 saturated carbocycles. The summed E-state index contributed by atoms with van der Waals surface area (Å²) in [6, 6.07) is 10.1. The number of halogens is 1. The number of rotatable bonds is 5. The Morgan fingerprint density at radius 2 is 2.04 bits per heavy atom. The molecule has 2 aromatic heterocycles. The van der Waals surface area contributed by atoms with Crippen molar-refractivity contribution in [3.05, 3.63) is 67.6 Å². The SMILES string of the molecule is Cc1nn(-c2ccc(Br)cc2)c(C)c1C(=O)NCCN1CCc2sccc2C1. The molecule has 1 N–H and O–H groups in total. The maximum absolute atomic E-state index is 12.8. The molecule has 0 fully saturated rings. The van der Waals surface area contributed by atoms with E-state index in [0.717, 1.165) is 47.6 Å². The fourth-order valence-electron chi connectivity index (χ4n) is 3.72. The summed E-state index contributed by atoms with van der Waals surface area (Å²) in [6.45, 7) is 7.37. The minimum absolute atomic E-state index is 0.0495. The summed E-state index contributed by atoms with van der Waals surface area (Å²) < 4.78 is 2.85. The lowest BCUT2D eigenvalue weighted by Gasteiger charge is -2.26. The van der Waals surface area contributed by atoms with Gasteiger partial charge in [0.05, 0.1) is 22.6 Å². The van der Waals surface area contributed by atoms with E-state index in [0.29, 0.717) is 12.1 Å².